The Hall–Kier alpha value is -1.60. The van der Waals surface area contributed by atoms with Gasteiger partial charge in [-0.05, 0) is 19.1 Å². The summed E-state index contributed by atoms with van der Waals surface area (Å²) in [7, 11) is -1.31. The van der Waals surface area contributed by atoms with Gasteiger partial charge < -0.3 is 4.74 Å². The van der Waals surface area contributed by atoms with E-state index in [2.05, 4.69) is 11.2 Å². The molecule has 0 saturated heterocycles. The number of rotatable bonds is 3. The van der Waals surface area contributed by atoms with Gasteiger partial charge in [0.1, 0.15) is 17.4 Å². The molecule has 0 bridgehead atoms. The highest BCUT2D eigenvalue weighted by molar-refractivity contribution is 7.89. The van der Waals surface area contributed by atoms with Crippen molar-refractivity contribution in [2.45, 2.75) is 25.2 Å². The first kappa shape index (κ1) is 13.5. The number of hydrogen-bond acceptors (Lipinski definition) is 3. The van der Waals surface area contributed by atoms with Crippen LogP contribution in [0, 0.1) is 18.1 Å². The lowest BCUT2D eigenvalue weighted by atomic mass is 10.2. The Kier molecular flexibility index (Phi) is 5.44. The highest BCUT2D eigenvalue weighted by Crippen LogP contribution is 2.07. The van der Waals surface area contributed by atoms with E-state index in [-0.39, 0.29) is 12.6 Å². The van der Waals surface area contributed by atoms with Crippen molar-refractivity contribution in [2.24, 2.45) is 0 Å². The molecule has 0 radical (unpaired) electrons. The lowest BCUT2D eigenvalue weighted by Crippen LogP contribution is -1.99. The van der Waals surface area contributed by atoms with E-state index in [4.69, 9.17) is 4.74 Å². The van der Waals surface area contributed by atoms with Crippen LogP contribution in [-0.4, -0.2) is 16.8 Å². The van der Waals surface area contributed by atoms with Crippen LogP contribution in [0.3, 0.4) is 0 Å². The maximum Gasteiger partial charge on any atom is 0.302 e. The molecule has 0 aliphatic carbocycles. The Morgan fingerprint density at radius 2 is 2.00 bits per heavy atom. The second kappa shape index (κ2) is 6.87. The zero-order chi connectivity index (χ0) is 12.7. The molecule has 0 heterocycles. The molecule has 0 saturated carbocycles. The Morgan fingerprint density at radius 1 is 1.35 bits per heavy atom. The fraction of sp³-hybridized carbons (Fsp3) is 0.308. The van der Waals surface area contributed by atoms with Crippen molar-refractivity contribution in [1.29, 1.82) is 0 Å². The van der Waals surface area contributed by atoms with Crippen molar-refractivity contribution in [1.82, 2.24) is 0 Å². The summed E-state index contributed by atoms with van der Waals surface area (Å²) < 4.78 is 16.4. The summed E-state index contributed by atoms with van der Waals surface area (Å²) in [5.74, 6) is 2.40. The molecule has 1 aromatic carbocycles. The molecule has 3 nitrogen and oxygen atoms in total. The average molecular weight is 250 g/mol. The first-order chi connectivity index (χ1) is 8.09. The van der Waals surface area contributed by atoms with Crippen LogP contribution in [0.1, 0.15) is 18.9 Å². The monoisotopic (exact) mass is 250 g/mol. The molecule has 1 aromatic rings. The fourth-order valence-electron chi connectivity index (χ4n) is 1.08. The van der Waals surface area contributed by atoms with Crippen molar-refractivity contribution < 1.29 is 13.7 Å². The van der Waals surface area contributed by atoms with Gasteiger partial charge in [-0.25, -0.2) is 4.21 Å². The summed E-state index contributed by atoms with van der Waals surface area (Å²) in [4.78, 5) is 11.2. The van der Waals surface area contributed by atoms with Gasteiger partial charge in [-0.1, -0.05) is 23.6 Å². The standard InChI is InChI=1S/C13H14O3S/c1-11-5-7-13(8-6-11)17(15)10-4-3-9-16-12(2)14/h5-8H,3,9H2,1-2H3. The minimum absolute atomic E-state index is 0.243. The van der Waals surface area contributed by atoms with Gasteiger partial charge >= 0.3 is 5.97 Å². The van der Waals surface area contributed by atoms with Gasteiger partial charge in [-0.2, -0.15) is 0 Å². The Labute approximate surface area is 104 Å². The zero-order valence-corrected chi connectivity index (χ0v) is 10.7. The summed E-state index contributed by atoms with van der Waals surface area (Å²) in [5, 5.41) is 2.62. The number of hydrogen-bond donors (Lipinski definition) is 0. The second-order valence-corrected chi connectivity index (χ2v) is 4.66. The molecule has 1 atom stereocenters. The van der Waals surface area contributed by atoms with Gasteiger partial charge in [0.05, 0.1) is 4.90 Å². The molecule has 1 rings (SSSR count). The molecular formula is C13H14O3S. The summed E-state index contributed by atoms with van der Waals surface area (Å²) in [6.45, 7) is 3.56. The Morgan fingerprint density at radius 3 is 2.59 bits per heavy atom. The molecule has 0 spiro atoms. The van der Waals surface area contributed by atoms with Crippen LogP contribution in [0.4, 0.5) is 0 Å². The lowest BCUT2D eigenvalue weighted by Gasteiger charge is -1.96. The predicted molar refractivity (Wildman–Crippen MR) is 66.6 cm³/mol. The summed E-state index contributed by atoms with van der Waals surface area (Å²) >= 11 is 0. The SMILES string of the molecule is CC(=O)OCCC#CS(=O)c1ccc(C)cc1. The number of ether oxygens (including phenoxy) is 1. The van der Waals surface area contributed by atoms with Crippen molar-refractivity contribution in [3.63, 3.8) is 0 Å². The number of benzene rings is 1. The van der Waals surface area contributed by atoms with Crippen molar-refractivity contribution in [3.05, 3.63) is 29.8 Å². The average Bonchev–Trinajstić information content (AvgIpc) is 2.29. The molecule has 0 aliphatic rings. The van der Waals surface area contributed by atoms with E-state index in [9.17, 15) is 9.00 Å². The van der Waals surface area contributed by atoms with E-state index in [0.29, 0.717) is 11.3 Å². The Bertz CT molecular complexity index is 466. The molecule has 0 amide bonds. The molecule has 0 fully saturated rings. The molecule has 4 heteroatoms. The second-order valence-electron chi connectivity index (χ2n) is 3.45. The summed E-state index contributed by atoms with van der Waals surface area (Å²) in [6.07, 6.45) is 0.400. The van der Waals surface area contributed by atoms with E-state index in [0.717, 1.165) is 5.56 Å². The summed E-state index contributed by atoms with van der Waals surface area (Å²) in [6, 6.07) is 7.39. The van der Waals surface area contributed by atoms with Gasteiger partial charge in [-0.15, -0.1) is 0 Å². The Balaban J connectivity index is 2.46. The largest absolute Gasteiger partial charge is 0.465 e. The van der Waals surface area contributed by atoms with E-state index in [1.807, 2.05) is 19.1 Å². The maximum atomic E-state index is 11.7. The molecule has 17 heavy (non-hydrogen) atoms. The van der Waals surface area contributed by atoms with Crippen LogP contribution in [0.15, 0.2) is 29.2 Å². The van der Waals surface area contributed by atoms with Crippen molar-refractivity contribution in [3.8, 4) is 11.2 Å². The zero-order valence-electron chi connectivity index (χ0n) is 9.86. The molecule has 0 aromatic heterocycles. The van der Waals surface area contributed by atoms with E-state index < -0.39 is 10.8 Å². The van der Waals surface area contributed by atoms with Crippen molar-refractivity contribution in [2.75, 3.05) is 6.61 Å². The van der Waals surface area contributed by atoms with Gasteiger partial charge in [0.25, 0.3) is 0 Å². The maximum absolute atomic E-state index is 11.7. The normalized spacial score (nSPS) is 11.2. The molecule has 90 valence electrons. The third-order valence-electron chi connectivity index (χ3n) is 1.93. The minimum atomic E-state index is -1.31. The fourth-order valence-corrected chi connectivity index (χ4v) is 1.82. The van der Waals surface area contributed by atoms with Crippen LogP contribution in [-0.2, 0) is 20.3 Å². The third-order valence-corrected chi connectivity index (χ3v) is 2.96. The minimum Gasteiger partial charge on any atom is -0.465 e. The first-order valence-corrected chi connectivity index (χ1v) is 6.35. The molecule has 1 unspecified atom stereocenters. The quantitative estimate of drug-likeness (QED) is 0.468. The van der Waals surface area contributed by atoms with E-state index in [1.54, 1.807) is 12.1 Å². The lowest BCUT2D eigenvalue weighted by molar-refractivity contribution is -0.140. The first-order valence-electron chi connectivity index (χ1n) is 5.20. The van der Waals surface area contributed by atoms with Gasteiger partial charge in [0, 0.05) is 18.6 Å². The topological polar surface area (TPSA) is 43.4 Å². The van der Waals surface area contributed by atoms with Gasteiger partial charge in [0.2, 0.25) is 0 Å². The van der Waals surface area contributed by atoms with Gasteiger partial charge in [0.15, 0.2) is 0 Å². The third kappa shape index (κ3) is 5.32. The highest BCUT2D eigenvalue weighted by Gasteiger charge is 1.98. The number of aryl methyl sites for hydroxylation is 1. The molecular weight excluding hydrogens is 236 g/mol. The predicted octanol–water partition coefficient (Wildman–Crippen LogP) is 2.02. The van der Waals surface area contributed by atoms with Crippen molar-refractivity contribution >= 4 is 16.8 Å². The van der Waals surface area contributed by atoms with Crippen LogP contribution >= 0.6 is 0 Å². The van der Waals surface area contributed by atoms with Crippen LogP contribution in [0.25, 0.3) is 0 Å². The summed E-state index contributed by atoms with van der Waals surface area (Å²) in [5.41, 5.74) is 1.12. The van der Waals surface area contributed by atoms with E-state index in [1.165, 1.54) is 6.92 Å². The van der Waals surface area contributed by atoms with E-state index >= 15 is 0 Å². The number of carbonyl (C=O) groups excluding carboxylic acids is 1. The van der Waals surface area contributed by atoms with Crippen LogP contribution in [0.5, 0.6) is 0 Å². The molecule has 0 N–H and O–H groups in total. The number of carbonyl (C=O) groups is 1. The molecule has 0 aliphatic heterocycles. The van der Waals surface area contributed by atoms with Crippen LogP contribution in [0.2, 0.25) is 0 Å². The highest BCUT2D eigenvalue weighted by atomic mass is 32.2. The van der Waals surface area contributed by atoms with Crippen LogP contribution < -0.4 is 0 Å². The smallest absolute Gasteiger partial charge is 0.302 e. The van der Waals surface area contributed by atoms with Gasteiger partial charge in [-0.3, -0.25) is 4.79 Å². The number of esters is 1.